The highest BCUT2D eigenvalue weighted by Crippen LogP contribution is 2.47. The monoisotopic (exact) mass is 774 g/mol. The molecule has 1 aliphatic heterocycles. The van der Waals surface area contributed by atoms with Crippen LogP contribution in [0.1, 0.15) is 77.7 Å². The van der Waals surface area contributed by atoms with Gasteiger partial charge in [-0.05, 0) is 73.6 Å². The summed E-state index contributed by atoms with van der Waals surface area (Å²) in [6, 6.07) is 9.14. The summed E-state index contributed by atoms with van der Waals surface area (Å²) in [7, 11) is -2.38. The zero-order valence-electron chi connectivity index (χ0n) is 29.9. The quantitative estimate of drug-likeness (QED) is 0.246. The van der Waals surface area contributed by atoms with Crippen LogP contribution in [0, 0.1) is 11.3 Å². The van der Waals surface area contributed by atoms with E-state index < -0.39 is 73.6 Å². The van der Waals surface area contributed by atoms with Crippen molar-refractivity contribution in [1.29, 1.82) is 0 Å². The van der Waals surface area contributed by atoms with Gasteiger partial charge in [-0.15, -0.1) is 17.9 Å². The fourth-order valence-electron chi connectivity index (χ4n) is 7.36. The van der Waals surface area contributed by atoms with E-state index in [1.807, 2.05) is 57.2 Å². The van der Waals surface area contributed by atoms with E-state index in [1.165, 1.54) is 29.4 Å². The summed E-state index contributed by atoms with van der Waals surface area (Å²) in [6.07, 6.45) is 5.12. The molecule has 2 heterocycles. The molecule has 0 radical (unpaired) electrons. The molecule has 2 aromatic rings. The molecule has 4 amide bonds. The summed E-state index contributed by atoms with van der Waals surface area (Å²) in [5.41, 5.74) is -1.85. The standard InChI is InChI=1S/C37H47ClN4O8S2/c1-6-23-19-37(23,33(45)41-52(47,48)26-15-16-26)40-31(43)27-20-36(49-5,24-13-11-22(12-14-24)28-17-18-29(38)51-28)21-42(27)32(44)30(35(2,3)4)39-34(46)50-25-9-7-8-10-25/h6,11-14,17-18,23,25-27,30H,1,7-10,15-16,19-21H2,2-5H3,(H,39,46)(H,40,43)(H,41,45)/t23-,27+,30-,36+,37-/m1/s1. The van der Waals surface area contributed by atoms with Gasteiger partial charge in [0.15, 0.2) is 0 Å². The predicted molar refractivity (Wildman–Crippen MR) is 198 cm³/mol. The Balaban J connectivity index is 1.31. The molecule has 15 heteroatoms. The number of alkyl carbamates (subject to hydrolysis) is 1. The minimum Gasteiger partial charge on any atom is -0.446 e. The fraction of sp³-hybridized carbons (Fsp3) is 0.568. The maximum atomic E-state index is 14.7. The highest BCUT2D eigenvalue weighted by molar-refractivity contribution is 7.91. The highest BCUT2D eigenvalue weighted by Gasteiger charge is 2.62. The van der Waals surface area contributed by atoms with Gasteiger partial charge in [0.25, 0.3) is 5.91 Å². The number of hydrogen-bond acceptors (Lipinski definition) is 9. The lowest BCUT2D eigenvalue weighted by atomic mass is 9.85. The highest BCUT2D eigenvalue weighted by atomic mass is 35.5. The molecule has 4 aliphatic rings. The van der Waals surface area contributed by atoms with Gasteiger partial charge in [0.1, 0.15) is 29.3 Å². The van der Waals surface area contributed by atoms with E-state index >= 15 is 0 Å². The average molecular weight is 775 g/mol. The number of nitrogens with one attached hydrogen (secondary N) is 3. The molecule has 3 aliphatic carbocycles. The van der Waals surface area contributed by atoms with Crippen LogP contribution in [-0.4, -0.2) is 79.8 Å². The van der Waals surface area contributed by atoms with Gasteiger partial charge >= 0.3 is 6.09 Å². The van der Waals surface area contributed by atoms with Crippen molar-refractivity contribution in [3.05, 3.63) is 59.0 Å². The molecule has 6 rings (SSSR count). The third-order valence-electron chi connectivity index (χ3n) is 10.8. The Morgan fingerprint density at radius 2 is 1.71 bits per heavy atom. The maximum absolute atomic E-state index is 14.7. The van der Waals surface area contributed by atoms with Crippen molar-refractivity contribution in [3.63, 3.8) is 0 Å². The van der Waals surface area contributed by atoms with E-state index in [9.17, 15) is 27.6 Å². The van der Waals surface area contributed by atoms with Crippen LogP contribution in [0.15, 0.2) is 49.1 Å². The molecule has 3 N–H and O–H groups in total. The van der Waals surface area contributed by atoms with Crippen LogP contribution in [0.4, 0.5) is 4.79 Å². The second-order valence-corrected chi connectivity index (χ2v) is 19.2. The Morgan fingerprint density at radius 1 is 1.04 bits per heavy atom. The van der Waals surface area contributed by atoms with E-state index in [1.54, 1.807) is 0 Å². The van der Waals surface area contributed by atoms with Gasteiger partial charge in [0.05, 0.1) is 16.1 Å². The van der Waals surface area contributed by atoms with Crippen LogP contribution in [0.5, 0.6) is 0 Å². The molecule has 282 valence electrons. The first kappa shape index (κ1) is 38.3. The normalized spacial score (nSPS) is 26.8. The lowest BCUT2D eigenvalue weighted by Gasteiger charge is -2.36. The van der Waals surface area contributed by atoms with E-state index in [0.717, 1.165) is 36.1 Å². The molecule has 1 aromatic carbocycles. The zero-order chi connectivity index (χ0) is 37.6. The summed E-state index contributed by atoms with van der Waals surface area (Å²) >= 11 is 7.62. The second-order valence-electron chi connectivity index (χ2n) is 15.5. The number of halogens is 1. The number of thiophene rings is 1. The Labute approximate surface area is 314 Å². The van der Waals surface area contributed by atoms with Crippen molar-refractivity contribution in [1.82, 2.24) is 20.3 Å². The number of carbonyl (C=O) groups is 4. The van der Waals surface area contributed by atoms with Crippen molar-refractivity contribution in [2.45, 2.75) is 107 Å². The van der Waals surface area contributed by atoms with E-state index in [4.69, 9.17) is 21.1 Å². The van der Waals surface area contributed by atoms with Crippen LogP contribution in [0.3, 0.4) is 0 Å². The largest absolute Gasteiger partial charge is 0.446 e. The number of ether oxygens (including phenoxy) is 2. The Hall–Kier alpha value is -3.46. The molecule has 3 saturated carbocycles. The SMILES string of the molecule is C=C[C@@H]1C[C@]1(NC(=O)[C@@H]1C[C@@](OC)(c2ccc(-c3ccc(Cl)s3)cc2)CN1C(=O)[C@@H](NC(=O)OC1CCCC1)C(C)(C)C)C(=O)NS(=O)(=O)C1CC1. The van der Waals surface area contributed by atoms with Gasteiger partial charge in [0.2, 0.25) is 21.8 Å². The Bertz CT molecular complexity index is 1830. The lowest BCUT2D eigenvalue weighted by molar-refractivity contribution is -0.143. The third kappa shape index (κ3) is 7.76. The number of carbonyl (C=O) groups excluding carboxylic acids is 4. The van der Waals surface area contributed by atoms with Crippen molar-refractivity contribution >= 4 is 56.8 Å². The minimum atomic E-state index is -3.90. The van der Waals surface area contributed by atoms with Crippen molar-refractivity contribution < 1.29 is 37.1 Å². The van der Waals surface area contributed by atoms with Crippen LogP contribution in [0.2, 0.25) is 4.34 Å². The van der Waals surface area contributed by atoms with Crippen LogP contribution in [0.25, 0.3) is 10.4 Å². The molecule has 0 unspecified atom stereocenters. The number of nitrogens with zero attached hydrogens (tertiary/aromatic N) is 1. The Morgan fingerprint density at radius 3 is 2.25 bits per heavy atom. The lowest BCUT2D eigenvalue weighted by Crippen LogP contribution is -2.60. The first-order valence-electron chi connectivity index (χ1n) is 17.7. The van der Waals surface area contributed by atoms with Gasteiger partial charge < -0.3 is 25.0 Å². The number of rotatable bonds is 12. The fourth-order valence-corrected chi connectivity index (χ4v) is 9.78. The molecule has 0 spiro atoms. The number of benzene rings is 1. The van der Waals surface area contributed by atoms with Crippen LogP contribution in [-0.2, 0) is 39.5 Å². The van der Waals surface area contributed by atoms with Crippen LogP contribution < -0.4 is 15.4 Å². The van der Waals surface area contributed by atoms with Crippen LogP contribution >= 0.6 is 22.9 Å². The van der Waals surface area contributed by atoms with Crippen molar-refractivity contribution in [3.8, 4) is 10.4 Å². The number of amides is 4. The summed E-state index contributed by atoms with van der Waals surface area (Å²) in [4.78, 5) is 58.2. The molecule has 0 bridgehead atoms. The molecule has 5 atom stereocenters. The second kappa shape index (κ2) is 14.4. The van der Waals surface area contributed by atoms with E-state index in [0.29, 0.717) is 22.7 Å². The number of sulfonamides is 1. The Kier molecular flexibility index (Phi) is 10.6. The first-order valence-corrected chi connectivity index (χ1v) is 20.5. The average Bonchev–Trinajstić information content (AvgIpc) is 3.91. The van der Waals surface area contributed by atoms with E-state index in [2.05, 4.69) is 21.9 Å². The minimum absolute atomic E-state index is 0.0193. The summed E-state index contributed by atoms with van der Waals surface area (Å²) in [5.74, 6) is -2.52. The van der Waals surface area contributed by atoms with Crippen molar-refractivity contribution in [2.75, 3.05) is 13.7 Å². The third-order valence-corrected chi connectivity index (χ3v) is 13.9. The summed E-state index contributed by atoms with van der Waals surface area (Å²) in [5, 5.41) is 4.98. The van der Waals surface area contributed by atoms with Gasteiger partial charge in [-0.2, -0.15) is 0 Å². The number of likely N-dealkylation sites (tertiary alicyclic amines) is 1. The topological polar surface area (TPSA) is 160 Å². The summed E-state index contributed by atoms with van der Waals surface area (Å²) < 4.78 is 40.1. The smallest absolute Gasteiger partial charge is 0.408 e. The molecule has 52 heavy (non-hydrogen) atoms. The predicted octanol–water partition coefficient (Wildman–Crippen LogP) is 5.26. The maximum Gasteiger partial charge on any atom is 0.408 e. The van der Waals surface area contributed by atoms with Crippen molar-refractivity contribution in [2.24, 2.45) is 11.3 Å². The molecule has 12 nitrogen and oxygen atoms in total. The molecule has 1 saturated heterocycles. The van der Waals surface area contributed by atoms with Gasteiger partial charge in [0, 0.05) is 24.3 Å². The molecular weight excluding hydrogens is 728 g/mol. The molecule has 4 fully saturated rings. The van der Waals surface area contributed by atoms with Gasteiger partial charge in [-0.3, -0.25) is 19.1 Å². The molecular formula is C37H47ClN4O8S2. The molecule has 1 aromatic heterocycles. The summed E-state index contributed by atoms with van der Waals surface area (Å²) in [6.45, 7) is 9.19. The first-order chi connectivity index (χ1) is 24.5. The number of methoxy groups -OCH3 is 1. The number of hydrogen-bond donors (Lipinski definition) is 3. The zero-order valence-corrected chi connectivity index (χ0v) is 32.3. The van der Waals surface area contributed by atoms with Gasteiger partial charge in [-0.25, -0.2) is 13.2 Å². The van der Waals surface area contributed by atoms with E-state index in [-0.39, 0.29) is 25.5 Å². The van der Waals surface area contributed by atoms with Gasteiger partial charge in [-0.1, -0.05) is 62.7 Å².